The summed E-state index contributed by atoms with van der Waals surface area (Å²) < 4.78 is 7.27. The largest absolute Gasteiger partial charge is 0.441 e. The van der Waals surface area contributed by atoms with Gasteiger partial charge in [0.25, 0.3) is 0 Å². The van der Waals surface area contributed by atoms with Gasteiger partial charge in [0.05, 0.1) is 21.4 Å². The third kappa shape index (κ3) is 2.73. The topological polar surface area (TPSA) is 42.2 Å². The van der Waals surface area contributed by atoms with Crippen molar-refractivity contribution in [2.75, 3.05) is 6.54 Å². The molecule has 4 nitrogen and oxygen atoms in total. The van der Waals surface area contributed by atoms with E-state index in [9.17, 15) is 0 Å². The fraction of sp³-hybridized carbons (Fsp3) is 0.238. The first-order valence-corrected chi connectivity index (χ1v) is 9.77. The molecule has 1 aliphatic heterocycles. The summed E-state index contributed by atoms with van der Waals surface area (Å²) in [7, 11) is 0. The van der Waals surface area contributed by atoms with Crippen LogP contribution in [-0.2, 0) is 13.0 Å². The SMILES string of the molecule is CC(c1ccc2scnc2c1)N1CCc2oc(-c3ccccc3)nc2C1. The number of benzene rings is 2. The van der Waals surface area contributed by atoms with Gasteiger partial charge in [-0.25, -0.2) is 9.97 Å². The lowest BCUT2D eigenvalue weighted by molar-refractivity contribution is 0.183. The van der Waals surface area contributed by atoms with Crippen molar-refractivity contribution in [2.24, 2.45) is 0 Å². The van der Waals surface area contributed by atoms with Gasteiger partial charge in [-0.2, -0.15) is 0 Å². The van der Waals surface area contributed by atoms with E-state index in [2.05, 4.69) is 35.0 Å². The smallest absolute Gasteiger partial charge is 0.226 e. The van der Waals surface area contributed by atoms with Gasteiger partial charge in [-0.3, -0.25) is 4.90 Å². The van der Waals surface area contributed by atoms with Gasteiger partial charge in [0.15, 0.2) is 0 Å². The van der Waals surface area contributed by atoms with Crippen LogP contribution in [0.3, 0.4) is 0 Å². The molecule has 0 saturated carbocycles. The van der Waals surface area contributed by atoms with E-state index in [1.807, 2.05) is 35.8 Å². The summed E-state index contributed by atoms with van der Waals surface area (Å²) in [5.74, 6) is 1.76. The van der Waals surface area contributed by atoms with Crippen LogP contribution < -0.4 is 0 Å². The molecule has 130 valence electrons. The zero-order valence-electron chi connectivity index (χ0n) is 14.6. The van der Waals surface area contributed by atoms with Crippen LogP contribution in [0.1, 0.15) is 30.0 Å². The third-order valence-electron chi connectivity index (χ3n) is 5.16. The number of nitrogens with zero attached hydrogens (tertiary/aromatic N) is 3. The van der Waals surface area contributed by atoms with Gasteiger partial charge in [-0.1, -0.05) is 24.3 Å². The highest BCUT2D eigenvalue weighted by Gasteiger charge is 2.26. The molecule has 0 fully saturated rings. The van der Waals surface area contributed by atoms with E-state index in [1.54, 1.807) is 11.3 Å². The second-order valence-corrected chi connectivity index (χ2v) is 7.62. The highest BCUT2D eigenvalue weighted by atomic mass is 32.1. The molecule has 0 bridgehead atoms. The van der Waals surface area contributed by atoms with E-state index in [1.165, 1.54) is 10.3 Å². The number of rotatable bonds is 3. The lowest BCUT2D eigenvalue weighted by atomic mass is 10.0. The molecular weight excluding hydrogens is 342 g/mol. The molecule has 1 aliphatic rings. The Morgan fingerprint density at radius 2 is 2.04 bits per heavy atom. The van der Waals surface area contributed by atoms with E-state index in [4.69, 9.17) is 9.40 Å². The quantitative estimate of drug-likeness (QED) is 0.511. The number of fused-ring (bicyclic) bond motifs is 2. The van der Waals surface area contributed by atoms with Crippen molar-refractivity contribution >= 4 is 21.6 Å². The Balaban J connectivity index is 1.40. The molecule has 0 amide bonds. The van der Waals surface area contributed by atoms with Gasteiger partial charge in [0.2, 0.25) is 5.89 Å². The van der Waals surface area contributed by atoms with Crippen LogP contribution >= 0.6 is 11.3 Å². The maximum absolute atomic E-state index is 6.03. The van der Waals surface area contributed by atoms with E-state index in [0.29, 0.717) is 6.04 Å². The molecule has 5 heteroatoms. The van der Waals surface area contributed by atoms with Gasteiger partial charge in [0, 0.05) is 31.1 Å². The summed E-state index contributed by atoms with van der Waals surface area (Å²) in [4.78, 5) is 11.7. The lowest BCUT2D eigenvalue weighted by Gasteiger charge is -2.31. The van der Waals surface area contributed by atoms with Crippen molar-refractivity contribution in [3.63, 3.8) is 0 Å². The normalized spacial score (nSPS) is 15.9. The molecule has 0 spiro atoms. The van der Waals surface area contributed by atoms with Gasteiger partial charge < -0.3 is 4.42 Å². The first kappa shape index (κ1) is 15.7. The van der Waals surface area contributed by atoms with Crippen LogP contribution in [-0.4, -0.2) is 21.4 Å². The minimum absolute atomic E-state index is 0.325. The molecule has 2 aromatic heterocycles. The first-order chi connectivity index (χ1) is 12.8. The first-order valence-electron chi connectivity index (χ1n) is 8.89. The fourth-order valence-electron chi connectivity index (χ4n) is 3.60. The highest BCUT2D eigenvalue weighted by molar-refractivity contribution is 7.16. The summed E-state index contributed by atoms with van der Waals surface area (Å²) in [5, 5.41) is 0. The summed E-state index contributed by atoms with van der Waals surface area (Å²) in [6.45, 7) is 4.06. The molecule has 4 aromatic rings. The Hall–Kier alpha value is -2.50. The van der Waals surface area contributed by atoms with Crippen LogP contribution in [0, 0.1) is 0 Å². The third-order valence-corrected chi connectivity index (χ3v) is 5.97. The fourth-order valence-corrected chi connectivity index (χ4v) is 4.26. The maximum atomic E-state index is 6.03. The molecule has 3 heterocycles. The Bertz CT molecular complexity index is 1050. The number of aromatic nitrogens is 2. The van der Waals surface area contributed by atoms with Gasteiger partial charge in [-0.05, 0) is 36.8 Å². The molecule has 0 radical (unpaired) electrons. The van der Waals surface area contributed by atoms with Crippen LogP contribution in [0.4, 0.5) is 0 Å². The molecular formula is C21H19N3OS. The second kappa shape index (κ2) is 6.34. The molecule has 1 atom stereocenters. The van der Waals surface area contributed by atoms with Gasteiger partial charge in [-0.15, -0.1) is 11.3 Å². The van der Waals surface area contributed by atoms with Crippen LogP contribution in [0.15, 0.2) is 58.5 Å². The van der Waals surface area contributed by atoms with Crippen molar-refractivity contribution in [3.05, 3.63) is 71.1 Å². The molecule has 0 saturated heterocycles. The number of oxazole rings is 1. The van der Waals surface area contributed by atoms with E-state index < -0.39 is 0 Å². The van der Waals surface area contributed by atoms with E-state index in [0.717, 1.165) is 47.9 Å². The summed E-state index contributed by atoms with van der Waals surface area (Å²) in [6.07, 6.45) is 0.901. The van der Waals surface area contributed by atoms with Crippen LogP contribution in [0.5, 0.6) is 0 Å². The summed E-state index contributed by atoms with van der Waals surface area (Å²) in [5.41, 5.74) is 6.41. The molecule has 0 N–H and O–H groups in total. The lowest BCUT2D eigenvalue weighted by Crippen LogP contribution is -2.32. The predicted octanol–water partition coefficient (Wildman–Crippen LogP) is 5.07. The number of hydrogen-bond acceptors (Lipinski definition) is 5. The second-order valence-electron chi connectivity index (χ2n) is 6.73. The van der Waals surface area contributed by atoms with Crippen molar-refractivity contribution in [1.29, 1.82) is 0 Å². The Kier molecular flexibility index (Phi) is 3.84. The van der Waals surface area contributed by atoms with E-state index in [-0.39, 0.29) is 0 Å². The number of hydrogen-bond donors (Lipinski definition) is 0. The average Bonchev–Trinajstić information content (AvgIpc) is 3.33. The van der Waals surface area contributed by atoms with Crippen LogP contribution in [0.25, 0.3) is 21.7 Å². The summed E-state index contributed by atoms with van der Waals surface area (Å²) in [6, 6.07) is 17.1. The summed E-state index contributed by atoms with van der Waals surface area (Å²) >= 11 is 1.69. The highest BCUT2D eigenvalue weighted by Crippen LogP contribution is 2.31. The van der Waals surface area contributed by atoms with Gasteiger partial charge >= 0.3 is 0 Å². The van der Waals surface area contributed by atoms with Crippen molar-refractivity contribution in [3.8, 4) is 11.5 Å². The molecule has 1 unspecified atom stereocenters. The van der Waals surface area contributed by atoms with Gasteiger partial charge in [0.1, 0.15) is 5.76 Å². The van der Waals surface area contributed by atoms with Crippen molar-refractivity contribution < 1.29 is 4.42 Å². The standard InChI is InChI=1S/C21H19N3OS/c1-14(16-7-8-20-17(11-16)22-13-26-20)24-10-9-19-18(12-24)23-21(25-19)15-5-3-2-4-6-15/h2-8,11,13-14H,9-10,12H2,1H3. The number of thiazole rings is 1. The minimum Gasteiger partial charge on any atom is -0.441 e. The Morgan fingerprint density at radius 3 is 2.92 bits per heavy atom. The molecule has 26 heavy (non-hydrogen) atoms. The Labute approximate surface area is 156 Å². The molecule has 0 aliphatic carbocycles. The van der Waals surface area contributed by atoms with E-state index >= 15 is 0 Å². The van der Waals surface area contributed by atoms with Crippen molar-refractivity contribution in [2.45, 2.75) is 25.9 Å². The van der Waals surface area contributed by atoms with Crippen LogP contribution in [0.2, 0.25) is 0 Å². The zero-order valence-corrected chi connectivity index (χ0v) is 15.4. The average molecular weight is 361 g/mol. The van der Waals surface area contributed by atoms with Crippen molar-refractivity contribution in [1.82, 2.24) is 14.9 Å². The predicted molar refractivity (Wildman–Crippen MR) is 104 cm³/mol. The minimum atomic E-state index is 0.325. The molecule has 2 aromatic carbocycles. The maximum Gasteiger partial charge on any atom is 0.226 e. The molecule has 5 rings (SSSR count). The monoisotopic (exact) mass is 361 g/mol. The Morgan fingerprint density at radius 1 is 1.15 bits per heavy atom. The zero-order chi connectivity index (χ0) is 17.5.